The molecule has 1 heterocycles. The molecule has 0 aliphatic rings. The van der Waals surface area contributed by atoms with Crippen molar-refractivity contribution in [2.45, 2.75) is 33.0 Å². The van der Waals surface area contributed by atoms with Gasteiger partial charge in [-0.05, 0) is 17.5 Å². The summed E-state index contributed by atoms with van der Waals surface area (Å²) < 4.78 is 15.9. The molecule has 1 aromatic heterocycles. The van der Waals surface area contributed by atoms with Crippen LogP contribution in [-0.4, -0.2) is 12.3 Å². The lowest BCUT2D eigenvalue weighted by molar-refractivity contribution is 0.155. The summed E-state index contributed by atoms with van der Waals surface area (Å²) in [7, 11) is 1.62. The Morgan fingerprint density at radius 2 is 2.00 bits per heavy atom. The Morgan fingerprint density at radius 1 is 1.21 bits per heavy atom. The van der Waals surface area contributed by atoms with Crippen LogP contribution in [0.15, 0.2) is 34.9 Å². The van der Waals surface area contributed by atoms with Gasteiger partial charge < -0.3 is 14.0 Å². The molecular formula is C15H19NO3. The Kier molecular flexibility index (Phi) is 4.58. The predicted octanol–water partition coefficient (Wildman–Crippen LogP) is 3.52. The maximum Gasteiger partial charge on any atom is 0.162 e. The Bertz CT molecular complexity index is 520. The van der Waals surface area contributed by atoms with Crippen molar-refractivity contribution in [1.82, 2.24) is 5.16 Å². The SMILES string of the molecule is COCc1cc(COc2ccccc2C(C)C)no1. The van der Waals surface area contributed by atoms with Crippen LogP contribution in [0.4, 0.5) is 0 Å². The average molecular weight is 261 g/mol. The molecule has 102 valence electrons. The van der Waals surface area contributed by atoms with Gasteiger partial charge in [0.05, 0.1) is 0 Å². The van der Waals surface area contributed by atoms with Crippen LogP contribution in [0.1, 0.15) is 36.8 Å². The molecule has 2 aromatic rings. The van der Waals surface area contributed by atoms with E-state index in [0.717, 1.165) is 11.4 Å². The van der Waals surface area contributed by atoms with Gasteiger partial charge in [-0.3, -0.25) is 0 Å². The number of aromatic nitrogens is 1. The molecule has 0 fully saturated rings. The highest BCUT2D eigenvalue weighted by atomic mass is 16.5. The normalized spacial score (nSPS) is 10.9. The zero-order valence-electron chi connectivity index (χ0n) is 11.6. The van der Waals surface area contributed by atoms with E-state index in [0.29, 0.717) is 24.9 Å². The van der Waals surface area contributed by atoms with E-state index >= 15 is 0 Å². The molecule has 1 aromatic carbocycles. The van der Waals surface area contributed by atoms with Gasteiger partial charge in [0.2, 0.25) is 0 Å². The molecule has 4 heteroatoms. The number of ether oxygens (including phenoxy) is 2. The average Bonchev–Trinajstić information content (AvgIpc) is 2.85. The minimum atomic E-state index is 0.400. The molecule has 0 aliphatic carbocycles. The van der Waals surface area contributed by atoms with Gasteiger partial charge >= 0.3 is 0 Å². The summed E-state index contributed by atoms with van der Waals surface area (Å²) in [6, 6.07) is 9.90. The maximum absolute atomic E-state index is 5.81. The van der Waals surface area contributed by atoms with Crippen LogP contribution in [0, 0.1) is 0 Å². The quantitative estimate of drug-likeness (QED) is 0.798. The fourth-order valence-corrected chi connectivity index (χ4v) is 1.87. The highest BCUT2D eigenvalue weighted by Gasteiger charge is 2.09. The number of benzene rings is 1. The first-order chi connectivity index (χ1) is 9.20. The lowest BCUT2D eigenvalue weighted by Crippen LogP contribution is -1.99. The zero-order valence-corrected chi connectivity index (χ0v) is 11.6. The van der Waals surface area contributed by atoms with Gasteiger partial charge in [-0.1, -0.05) is 37.2 Å². The van der Waals surface area contributed by atoms with Gasteiger partial charge in [0.1, 0.15) is 24.7 Å². The van der Waals surface area contributed by atoms with E-state index in [4.69, 9.17) is 14.0 Å². The van der Waals surface area contributed by atoms with Gasteiger partial charge in [-0.25, -0.2) is 0 Å². The standard InChI is InChI=1S/C15H19NO3/c1-11(2)14-6-4-5-7-15(14)18-9-12-8-13(10-17-3)19-16-12/h4-8,11H,9-10H2,1-3H3. The highest BCUT2D eigenvalue weighted by Crippen LogP contribution is 2.26. The molecule has 0 saturated heterocycles. The van der Waals surface area contributed by atoms with E-state index in [9.17, 15) is 0 Å². The summed E-state index contributed by atoms with van der Waals surface area (Å²) in [4.78, 5) is 0. The number of hydrogen-bond donors (Lipinski definition) is 0. The summed E-state index contributed by atoms with van der Waals surface area (Å²) in [6.45, 7) is 5.12. The predicted molar refractivity (Wildman–Crippen MR) is 72.1 cm³/mol. The summed E-state index contributed by atoms with van der Waals surface area (Å²) in [5.74, 6) is 2.03. The summed E-state index contributed by atoms with van der Waals surface area (Å²) >= 11 is 0. The van der Waals surface area contributed by atoms with Crippen LogP contribution in [0.5, 0.6) is 5.75 Å². The van der Waals surface area contributed by atoms with Crippen LogP contribution >= 0.6 is 0 Å². The molecule has 0 atom stereocenters. The molecule has 0 unspecified atom stereocenters. The van der Waals surface area contributed by atoms with E-state index in [1.54, 1.807) is 7.11 Å². The first-order valence-corrected chi connectivity index (χ1v) is 6.36. The second kappa shape index (κ2) is 6.38. The first-order valence-electron chi connectivity index (χ1n) is 6.36. The lowest BCUT2D eigenvalue weighted by Gasteiger charge is -2.12. The highest BCUT2D eigenvalue weighted by molar-refractivity contribution is 5.35. The third kappa shape index (κ3) is 3.58. The van der Waals surface area contributed by atoms with E-state index < -0.39 is 0 Å². The number of rotatable bonds is 6. The molecule has 0 saturated carbocycles. The molecule has 0 aliphatic heterocycles. The van der Waals surface area contributed by atoms with Crippen LogP contribution in [0.2, 0.25) is 0 Å². The number of para-hydroxylation sites is 1. The van der Waals surface area contributed by atoms with Crippen LogP contribution in [0.25, 0.3) is 0 Å². The van der Waals surface area contributed by atoms with Crippen LogP contribution < -0.4 is 4.74 Å². The van der Waals surface area contributed by atoms with Gasteiger partial charge in [0.25, 0.3) is 0 Å². The maximum atomic E-state index is 5.81. The Labute approximate surface area is 113 Å². The van der Waals surface area contributed by atoms with Crippen LogP contribution in [-0.2, 0) is 18.0 Å². The Balaban J connectivity index is 2.01. The molecule has 0 spiro atoms. The summed E-state index contributed by atoms with van der Waals surface area (Å²) in [5.41, 5.74) is 1.97. The first kappa shape index (κ1) is 13.6. The van der Waals surface area contributed by atoms with Crippen molar-refractivity contribution < 1.29 is 14.0 Å². The smallest absolute Gasteiger partial charge is 0.162 e. The van der Waals surface area contributed by atoms with E-state index in [1.807, 2.05) is 24.3 Å². The molecule has 2 rings (SSSR count). The number of nitrogens with zero attached hydrogens (tertiary/aromatic N) is 1. The van der Waals surface area contributed by atoms with Crippen LogP contribution in [0.3, 0.4) is 0 Å². The Hall–Kier alpha value is -1.81. The topological polar surface area (TPSA) is 44.5 Å². The fraction of sp³-hybridized carbons (Fsp3) is 0.400. The van der Waals surface area contributed by atoms with E-state index in [2.05, 4.69) is 25.1 Å². The fourth-order valence-electron chi connectivity index (χ4n) is 1.87. The van der Waals surface area contributed by atoms with Crippen molar-refractivity contribution in [3.8, 4) is 5.75 Å². The zero-order chi connectivity index (χ0) is 13.7. The lowest BCUT2D eigenvalue weighted by atomic mass is 10.0. The monoisotopic (exact) mass is 261 g/mol. The van der Waals surface area contributed by atoms with E-state index in [1.165, 1.54) is 5.56 Å². The molecule has 0 amide bonds. The van der Waals surface area contributed by atoms with Crippen molar-refractivity contribution in [3.05, 3.63) is 47.3 Å². The van der Waals surface area contributed by atoms with Crippen molar-refractivity contribution in [3.63, 3.8) is 0 Å². The summed E-state index contributed by atoms with van der Waals surface area (Å²) in [5, 5.41) is 3.94. The third-order valence-electron chi connectivity index (χ3n) is 2.81. The van der Waals surface area contributed by atoms with Crippen molar-refractivity contribution in [2.75, 3.05) is 7.11 Å². The van der Waals surface area contributed by atoms with Crippen molar-refractivity contribution >= 4 is 0 Å². The van der Waals surface area contributed by atoms with Gasteiger partial charge in [-0.2, -0.15) is 0 Å². The summed E-state index contributed by atoms with van der Waals surface area (Å²) in [6.07, 6.45) is 0. The Morgan fingerprint density at radius 3 is 2.74 bits per heavy atom. The molecular weight excluding hydrogens is 242 g/mol. The second-order valence-electron chi connectivity index (χ2n) is 4.70. The molecule has 19 heavy (non-hydrogen) atoms. The van der Waals surface area contributed by atoms with Crippen molar-refractivity contribution in [1.29, 1.82) is 0 Å². The largest absolute Gasteiger partial charge is 0.487 e. The number of methoxy groups -OCH3 is 1. The second-order valence-corrected chi connectivity index (χ2v) is 4.70. The minimum Gasteiger partial charge on any atom is -0.487 e. The molecule has 4 nitrogen and oxygen atoms in total. The molecule has 0 N–H and O–H groups in total. The molecule has 0 bridgehead atoms. The van der Waals surface area contributed by atoms with Gasteiger partial charge in [-0.15, -0.1) is 0 Å². The van der Waals surface area contributed by atoms with Crippen molar-refractivity contribution in [2.24, 2.45) is 0 Å². The molecule has 0 radical (unpaired) electrons. The van der Waals surface area contributed by atoms with Gasteiger partial charge in [0.15, 0.2) is 5.76 Å². The number of hydrogen-bond acceptors (Lipinski definition) is 4. The minimum absolute atomic E-state index is 0.400. The van der Waals surface area contributed by atoms with Gasteiger partial charge in [0, 0.05) is 13.2 Å². The van der Waals surface area contributed by atoms with E-state index in [-0.39, 0.29) is 0 Å². The third-order valence-corrected chi connectivity index (χ3v) is 2.81.